The predicted molar refractivity (Wildman–Crippen MR) is 111 cm³/mol. The van der Waals surface area contributed by atoms with E-state index in [2.05, 4.69) is 66.3 Å². The van der Waals surface area contributed by atoms with Crippen LogP contribution in [0.3, 0.4) is 0 Å². The highest BCUT2D eigenvalue weighted by atomic mass is 32.1. The fourth-order valence-corrected chi connectivity index (χ4v) is 3.67. The van der Waals surface area contributed by atoms with Crippen LogP contribution >= 0.6 is 11.3 Å². The largest absolute Gasteiger partial charge is 0.375 e. The van der Waals surface area contributed by atoms with Gasteiger partial charge in [-0.05, 0) is 29.0 Å². The molecule has 0 aliphatic carbocycles. The summed E-state index contributed by atoms with van der Waals surface area (Å²) in [4.78, 5) is 7.35. The monoisotopic (exact) mass is 381 g/mol. The van der Waals surface area contributed by atoms with E-state index in [4.69, 9.17) is 9.57 Å². The maximum atomic E-state index is 6.13. The van der Waals surface area contributed by atoms with Gasteiger partial charge < -0.3 is 4.74 Å². The Morgan fingerprint density at radius 3 is 2.33 bits per heavy atom. The minimum absolute atomic E-state index is 0.0109. The molecule has 0 spiro atoms. The highest BCUT2D eigenvalue weighted by molar-refractivity contribution is 7.10. The molecule has 0 aliphatic heterocycles. The second-order valence-electron chi connectivity index (χ2n) is 6.49. The van der Waals surface area contributed by atoms with Crippen molar-refractivity contribution in [1.82, 2.24) is 5.48 Å². The van der Waals surface area contributed by atoms with Gasteiger partial charge in [-0.15, -0.1) is 11.3 Å². The van der Waals surface area contributed by atoms with Crippen molar-refractivity contribution in [2.24, 2.45) is 0 Å². The number of hydrogen-bond acceptors (Lipinski definition) is 4. The normalized spacial score (nSPS) is 13.4. The Hall–Kier alpha value is -1.98. The molecule has 1 heterocycles. The first kappa shape index (κ1) is 19.8. The van der Waals surface area contributed by atoms with Crippen LogP contribution in [0.15, 0.2) is 78.2 Å². The van der Waals surface area contributed by atoms with Crippen molar-refractivity contribution < 1.29 is 9.57 Å². The minimum atomic E-state index is 0.0109. The van der Waals surface area contributed by atoms with Crippen molar-refractivity contribution in [2.75, 3.05) is 6.61 Å². The fraction of sp³-hybridized carbons (Fsp3) is 0.304. The molecule has 1 N–H and O–H groups in total. The van der Waals surface area contributed by atoms with Crippen LogP contribution < -0.4 is 5.48 Å². The highest BCUT2D eigenvalue weighted by Crippen LogP contribution is 2.25. The van der Waals surface area contributed by atoms with Crippen molar-refractivity contribution in [3.63, 3.8) is 0 Å². The average molecular weight is 382 g/mol. The molecule has 27 heavy (non-hydrogen) atoms. The first-order chi connectivity index (χ1) is 13.4. The minimum Gasteiger partial charge on any atom is -0.375 e. The zero-order valence-corrected chi connectivity index (χ0v) is 16.5. The Bertz CT molecular complexity index is 747. The van der Waals surface area contributed by atoms with Gasteiger partial charge in [0.05, 0.1) is 19.3 Å². The lowest BCUT2D eigenvalue weighted by molar-refractivity contribution is -0.0665. The summed E-state index contributed by atoms with van der Waals surface area (Å²) in [7, 11) is 0. The number of benzene rings is 2. The van der Waals surface area contributed by atoms with E-state index in [1.54, 1.807) is 11.3 Å². The first-order valence-electron chi connectivity index (χ1n) is 9.48. The van der Waals surface area contributed by atoms with E-state index in [1.807, 2.05) is 24.3 Å². The Morgan fingerprint density at radius 1 is 0.926 bits per heavy atom. The van der Waals surface area contributed by atoms with Gasteiger partial charge in [0.25, 0.3) is 0 Å². The number of hydroxylamine groups is 1. The van der Waals surface area contributed by atoms with Crippen LogP contribution in [0.25, 0.3) is 0 Å². The van der Waals surface area contributed by atoms with Gasteiger partial charge in [0.1, 0.15) is 6.10 Å². The summed E-state index contributed by atoms with van der Waals surface area (Å²) in [6, 6.07) is 24.8. The molecule has 142 valence electrons. The highest BCUT2D eigenvalue weighted by Gasteiger charge is 2.17. The molecular formula is C23H27NO2S. The molecule has 0 saturated heterocycles. The standard InChI is InChI=1S/C23H27NO2S/c1-2-10-22(20-13-7-4-8-14-20)26-24-21(23-15-9-16-27-23)18-25-17-19-11-5-3-6-12-19/h3-9,11-16,21-22,24H,2,10,17-18H2,1H3/t21-,22+/m0/s1. The van der Waals surface area contributed by atoms with Crippen LogP contribution in [0.2, 0.25) is 0 Å². The summed E-state index contributed by atoms with van der Waals surface area (Å²) in [5.74, 6) is 0. The summed E-state index contributed by atoms with van der Waals surface area (Å²) >= 11 is 1.72. The lowest BCUT2D eigenvalue weighted by atomic mass is 10.1. The zero-order valence-electron chi connectivity index (χ0n) is 15.7. The van der Waals surface area contributed by atoms with Crippen molar-refractivity contribution >= 4 is 11.3 Å². The molecule has 0 bridgehead atoms. The Balaban J connectivity index is 1.59. The van der Waals surface area contributed by atoms with E-state index >= 15 is 0 Å². The molecule has 2 aromatic carbocycles. The Morgan fingerprint density at radius 2 is 1.67 bits per heavy atom. The van der Waals surface area contributed by atoms with E-state index in [9.17, 15) is 0 Å². The lowest BCUT2D eigenvalue weighted by Gasteiger charge is -2.23. The molecule has 3 rings (SSSR count). The molecule has 2 atom stereocenters. The number of ether oxygens (including phenoxy) is 1. The third-order valence-electron chi connectivity index (χ3n) is 4.36. The fourth-order valence-electron chi connectivity index (χ4n) is 2.92. The molecule has 3 nitrogen and oxygen atoms in total. The third kappa shape index (κ3) is 6.29. The third-order valence-corrected chi connectivity index (χ3v) is 5.34. The van der Waals surface area contributed by atoms with Gasteiger partial charge in [-0.2, -0.15) is 5.48 Å². The van der Waals surface area contributed by atoms with Gasteiger partial charge in [0, 0.05) is 4.88 Å². The van der Waals surface area contributed by atoms with Crippen LogP contribution in [0, 0.1) is 0 Å². The van der Waals surface area contributed by atoms with Crippen molar-refractivity contribution in [2.45, 2.75) is 38.5 Å². The molecular weight excluding hydrogens is 354 g/mol. The van der Waals surface area contributed by atoms with Crippen LogP contribution in [0.1, 0.15) is 47.9 Å². The maximum absolute atomic E-state index is 6.13. The number of nitrogens with one attached hydrogen (secondary N) is 1. The van der Waals surface area contributed by atoms with Crippen LogP contribution in [0.4, 0.5) is 0 Å². The van der Waals surface area contributed by atoms with E-state index in [-0.39, 0.29) is 12.1 Å². The van der Waals surface area contributed by atoms with E-state index < -0.39 is 0 Å². The Kier molecular flexibility index (Phi) is 8.05. The summed E-state index contributed by atoms with van der Waals surface area (Å²) in [5.41, 5.74) is 5.65. The lowest BCUT2D eigenvalue weighted by Crippen LogP contribution is -2.27. The smallest absolute Gasteiger partial charge is 0.104 e. The van der Waals surface area contributed by atoms with Crippen molar-refractivity contribution in [3.05, 3.63) is 94.2 Å². The summed E-state index contributed by atoms with van der Waals surface area (Å²) in [6.07, 6.45) is 2.07. The molecule has 0 radical (unpaired) electrons. The molecule has 0 amide bonds. The molecule has 0 aliphatic rings. The van der Waals surface area contributed by atoms with Crippen molar-refractivity contribution in [1.29, 1.82) is 0 Å². The van der Waals surface area contributed by atoms with E-state index in [1.165, 1.54) is 16.0 Å². The summed E-state index contributed by atoms with van der Waals surface area (Å²) in [6.45, 7) is 3.34. The summed E-state index contributed by atoms with van der Waals surface area (Å²) in [5, 5.41) is 2.09. The van der Waals surface area contributed by atoms with E-state index in [0.717, 1.165) is 12.8 Å². The van der Waals surface area contributed by atoms with Crippen LogP contribution in [0.5, 0.6) is 0 Å². The number of thiophene rings is 1. The number of hydrogen-bond donors (Lipinski definition) is 1. The molecule has 0 saturated carbocycles. The predicted octanol–water partition coefficient (Wildman–Crippen LogP) is 6.07. The van der Waals surface area contributed by atoms with Gasteiger partial charge in [0.15, 0.2) is 0 Å². The quantitative estimate of drug-likeness (QED) is 0.409. The molecule has 4 heteroatoms. The second-order valence-corrected chi connectivity index (χ2v) is 7.47. The SMILES string of the molecule is CCC[C@@H](ON[C@@H](COCc1ccccc1)c1cccs1)c1ccccc1. The molecule has 0 fully saturated rings. The maximum Gasteiger partial charge on any atom is 0.104 e. The molecule has 3 aromatic rings. The van der Waals surface area contributed by atoms with Crippen molar-refractivity contribution in [3.8, 4) is 0 Å². The van der Waals surface area contributed by atoms with E-state index in [0.29, 0.717) is 13.2 Å². The van der Waals surface area contributed by atoms with Crippen LogP contribution in [-0.4, -0.2) is 6.61 Å². The Labute approximate surface area is 165 Å². The molecule has 0 unspecified atom stereocenters. The number of rotatable bonds is 11. The topological polar surface area (TPSA) is 30.5 Å². The van der Waals surface area contributed by atoms with Gasteiger partial charge in [-0.25, -0.2) is 0 Å². The zero-order chi connectivity index (χ0) is 18.7. The van der Waals surface area contributed by atoms with Crippen LogP contribution in [-0.2, 0) is 16.2 Å². The second kappa shape index (κ2) is 11.0. The average Bonchev–Trinajstić information content (AvgIpc) is 3.25. The summed E-state index contributed by atoms with van der Waals surface area (Å²) < 4.78 is 5.97. The van der Waals surface area contributed by atoms with Gasteiger partial charge in [-0.1, -0.05) is 80.1 Å². The van der Waals surface area contributed by atoms with Gasteiger partial charge in [0.2, 0.25) is 0 Å². The molecule has 1 aromatic heterocycles. The first-order valence-corrected chi connectivity index (χ1v) is 10.4. The van der Waals surface area contributed by atoms with Gasteiger partial charge >= 0.3 is 0 Å². The van der Waals surface area contributed by atoms with Gasteiger partial charge in [-0.3, -0.25) is 4.84 Å².